The number of hydrogen-bond acceptors (Lipinski definition) is 5. The van der Waals surface area contributed by atoms with Gasteiger partial charge in [0.2, 0.25) is 0 Å². The molecule has 0 spiro atoms. The number of ether oxygens (including phenoxy) is 1. The van der Waals surface area contributed by atoms with Crippen LogP contribution in [0.5, 0.6) is 0 Å². The summed E-state index contributed by atoms with van der Waals surface area (Å²) in [6.07, 6.45) is 6.93. The Hall–Kier alpha value is -0.980. The molecule has 0 aromatic carbocycles. The second-order valence-electron chi connectivity index (χ2n) is 5.86. The van der Waals surface area contributed by atoms with Crippen LogP contribution in [0.25, 0.3) is 0 Å². The van der Waals surface area contributed by atoms with Crippen LogP contribution in [0.3, 0.4) is 0 Å². The van der Waals surface area contributed by atoms with Gasteiger partial charge in [-0.25, -0.2) is 0 Å². The third-order valence-corrected chi connectivity index (χ3v) is 4.48. The van der Waals surface area contributed by atoms with Crippen LogP contribution in [-0.2, 0) is 17.8 Å². The maximum atomic E-state index is 8.82. The van der Waals surface area contributed by atoms with Gasteiger partial charge < -0.3 is 15.2 Å². The molecule has 1 saturated heterocycles. The van der Waals surface area contributed by atoms with E-state index < -0.39 is 0 Å². The van der Waals surface area contributed by atoms with Gasteiger partial charge in [0.25, 0.3) is 0 Å². The van der Waals surface area contributed by atoms with E-state index in [0.717, 1.165) is 51.1 Å². The molecule has 0 amide bonds. The zero-order valence-electron chi connectivity index (χ0n) is 13.2. The summed E-state index contributed by atoms with van der Waals surface area (Å²) in [6.45, 7) is 6.90. The van der Waals surface area contributed by atoms with Crippen molar-refractivity contribution in [3.05, 3.63) is 11.9 Å². The molecule has 1 aromatic heterocycles. The molecule has 0 saturated carbocycles. The van der Waals surface area contributed by atoms with E-state index >= 15 is 0 Å². The fourth-order valence-electron chi connectivity index (χ4n) is 2.96. The zero-order valence-corrected chi connectivity index (χ0v) is 13.2. The van der Waals surface area contributed by atoms with Crippen molar-refractivity contribution in [2.24, 2.45) is 0 Å². The summed E-state index contributed by atoms with van der Waals surface area (Å²) < 4.78 is 7.79. The Labute approximate surface area is 126 Å². The van der Waals surface area contributed by atoms with E-state index in [1.807, 2.05) is 6.20 Å². The number of rotatable bonds is 8. The molecule has 2 rings (SSSR count). The van der Waals surface area contributed by atoms with Gasteiger partial charge in [-0.15, -0.1) is 5.10 Å². The molecule has 6 heteroatoms. The van der Waals surface area contributed by atoms with Gasteiger partial charge in [0.1, 0.15) is 0 Å². The quantitative estimate of drug-likeness (QED) is 0.760. The first-order valence-corrected chi connectivity index (χ1v) is 8.08. The lowest BCUT2D eigenvalue weighted by molar-refractivity contribution is -0.0932. The maximum Gasteiger partial charge on any atom is 0.0964 e. The number of aromatic nitrogens is 3. The maximum absolute atomic E-state index is 8.82. The van der Waals surface area contributed by atoms with E-state index in [1.165, 1.54) is 0 Å². The minimum absolute atomic E-state index is 0.0503. The molecule has 0 bridgehead atoms. The summed E-state index contributed by atoms with van der Waals surface area (Å²) >= 11 is 0. The molecule has 1 atom stereocenters. The molecule has 1 aliphatic heterocycles. The second-order valence-corrected chi connectivity index (χ2v) is 5.86. The van der Waals surface area contributed by atoms with Crippen molar-refractivity contribution in [2.45, 2.75) is 70.7 Å². The zero-order chi connectivity index (χ0) is 15.1. The molecule has 0 radical (unpaired) electrons. The van der Waals surface area contributed by atoms with Crippen LogP contribution in [0.1, 0.15) is 51.6 Å². The van der Waals surface area contributed by atoms with Crippen molar-refractivity contribution in [3.8, 4) is 0 Å². The van der Waals surface area contributed by atoms with E-state index in [9.17, 15) is 0 Å². The standard InChI is InChI=1S/C15H28N4O2/c1-3-15(4-2)10-13(6-9-21-15)16-11-14-12-19(18-17-14)7-5-8-20/h12-13,16,20H,3-11H2,1-2H3. The van der Waals surface area contributed by atoms with Gasteiger partial charge >= 0.3 is 0 Å². The number of aliphatic hydroxyl groups excluding tert-OH is 1. The van der Waals surface area contributed by atoms with Crippen LogP contribution in [0, 0.1) is 0 Å². The fourth-order valence-corrected chi connectivity index (χ4v) is 2.96. The molecule has 1 aliphatic rings. The van der Waals surface area contributed by atoms with Gasteiger partial charge in [-0.2, -0.15) is 0 Å². The molecule has 0 aliphatic carbocycles. The molecule has 1 fully saturated rings. The molecular weight excluding hydrogens is 268 g/mol. The largest absolute Gasteiger partial charge is 0.396 e. The molecule has 6 nitrogen and oxygen atoms in total. The number of aryl methyl sites for hydroxylation is 1. The Morgan fingerprint density at radius 1 is 1.48 bits per heavy atom. The van der Waals surface area contributed by atoms with Gasteiger partial charge in [0, 0.05) is 38.5 Å². The number of nitrogens with one attached hydrogen (secondary N) is 1. The molecular formula is C15H28N4O2. The average molecular weight is 296 g/mol. The van der Waals surface area contributed by atoms with Crippen LogP contribution in [0.2, 0.25) is 0 Å². The number of aliphatic hydroxyl groups is 1. The van der Waals surface area contributed by atoms with Gasteiger partial charge in [0.15, 0.2) is 0 Å². The Balaban J connectivity index is 1.81. The molecule has 2 heterocycles. The third kappa shape index (κ3) is 4.49. The molecule has 1 aromatic rings. The van der Waals surface area contributed by atoms with Crippen LogP contribution in [-0.4, -0.2) is 45.0 Å². The van der Waals surface area contributed by atoms with E-state index in [1.54, 1.807) is 4.68 Å². The Bertz CT molecular complexity index is 418. The topological polar surface area (TPSA) is 72.2 Å². The van der Waals surface area contributed by atoms with Crippen LogP contribution >= 0.6 is 0 Å². The second kappa shape index (κ2) is 7.87. The first-order valence-electron chi connectivity index (χ1n) is 8.08. The third-order valence-electron chi connectivity index (χ3n) is 4.48. The molecule has 120 valence electrons. The van der Waals surface area contributed by atoms with Crippen molar-refractivity contribution < 1.29 is 9.84 Å². The molecule has 2 N–H and O–H groups in total. The minimum atomic E-state index is 0.0503. The number of nitrogens with zero attached hydrogens (tertiary/aromatic N) is 3. The lowest BCUT2D eigenvalue weighted by Gasteiger charge is -2.40. The van der Waals surface area contributed by atoms with Crippen molar-refractivity contribution >= 4 is 0 Å². The SMILES string of the molecule is CCC1(CC)CC(NCc2cn(CCCO)nn2)CCO1. The first-order chi connectivity index (χ1) is 10.2. The smallest absolute Gasteiger partial charge is 0.0964 e. The Morgan fingerprint density at radius 3 is 3.00 bits per heavy atom. The highest BCUT2D eigenvalue weighted by Gasteiger charge is 2.34. The van der Waals surface area contributed by atoms with Gasteiger partial charge in [-0.3, -0.25) is 4.68 Å². The van der Waals surface area contributed by atoms with Crippen molar-refractivity contribution in [3.63, 3.8) is 0 Å². The minimum Gasteiger partial charge on any atom is -0.396 e. The van der Waals surface area contributed by atoms with Crippen molar-refractivity contribution in [1.29, 1.82) is 0 Å². The highest BCUT2D eigenvalue weighted by Crippen LogP contribution is 2.31. The Kier molecular flexibility index (Phi) is 6.14. The fraction of sp³-hybridized carbons (Fsp3) is 0.867. The van der Waals surface area contributed by atoms with Crippen molar-refractivity contribution in [2.75, 3.05) is 13.2 Å². The summed E-state index contributed by atoms with van der Waals surface area (Å²) in [4.78, 5) is 0. The average Bonchev–Trinajstić information content (AvgIpc) is 2.99. The molecule has 21 heavy (non-hydrogen) atoms. The summed E-state index contributed by atoms with van der Waals surface area (Å²) in [5.74, 6) is 0. The highest BCUT2D eigenvalue weighted by molar-refractivity contribution is 4.94. The van der Waals surface area contributed by atoms with E-state index in [4.69, 9.17) is 9.84 Å². The van der Waals surface area contributed by atoms with Crippen LogP contribution < -0.4 is 5.32 Å². The van der Waals surface area contributed by atoms with Gasteiger partial charge in [-0.05, 0) is 32.1 Å². The van der Waals surface area contributed by atoms with E-state index in [2.05, 4.69) is 29.5 Å². The van der Waals surface area contributed by atoms with Crippen molar-refractivity contribution in [1.82, 2.24) is 20.3 Å². The van der Waals surface area contributed by atoms with Crippen LogP contribution in [0.4, 0.5) is 0 Å². The summed E-state index contributed by atoms with van der Waals surface area (Å²) in [6, 6.07) is 0.487. The number of hydrogen-bond donors (Lipinski definition) is 2. The summed E-state index contributed by atoms with van der Waals surface area (Å²) in [5, 5.41) is 20.6. The Morgan fingerprint density at radius 2 is 2.29 bits per heavy atom. The first kappa shape index (κ1) is 16.4. The van der Waals surface area contributed by atoms with Gasteiger partial charge in [0.05, 0.1) is 11.3 Å². The predicted molar refractivity (Wildman–Crippen MR) is 80.9 cm³/mol. The summed E-state index contributed by atoms with van der Waals surface area (Å²) in [5.41, 5.74) is 1.01. The summed E-state index contributed by atoms with van der Waals surface area (Å²) in [7, 11) is 0. The predicted octanol–water partition coefficient (Wildman–Crippen LogP) is 1.49. The van der Waals surface area contributed by atoms with Crippen LogP contribution in [0.15, 0.2) is 6.20 Å². The van der Waals surface area contributed by atoms with Gasteiger partial charge in [-0.1, -0.05) is 19.1 Å². The lowest BCUT2D eigenvalue weighted by atomic mass is 9.86. The highest BCUT2D eigenvalue weighted by atomic mass is 16.5. The lowest BCUT2D eigenvalue weighted by Crippen LogP contribution is -2.46. The van der Waals surface area contributed by atoms with E-state index in [-0.39, 0.29) is 12.2 Å². The monoisotopic (exact) mass is 296 g/mol. The van der Waals surface area contributed by atoms with E-state index in [0.29, 0.717) is 12.5 Å². The normalized spacial score (nSPS) is 21.6. The molecule has 1 unspecified atom stereocenters.